The number of fused-ring (bicyclic) bond motifs is 2. The van der Waals surface area contributed by atoms with E-state index in [1.54, 1.807) is 0 Å². The van der Waals surface area contributed by atoms with Gasteiger partial charge in [-0.1, -0.05) is 127 Å². The van der Waals surface area contributed by atoms with Gasteiger partial charge in [0.15, 0.2) is 0 Å². The highest BCUT2D eigenvalue weighted by atomic mass is 31.1. The molecule has 6 aromatic rings. The third-order valence-electron chi connectivity index (χ3n) is 7.83. The maximum atomic E-state index is 11.5. The third kappa shape index (κ3) is 6.33. The molecule has 0 spiro atoms. The van der Waals surface area contributed by atoms with Crippen molar-refractivity contribution in [1.82, 2.24) is 0 Å². The molecule has 0 atom stereocenters. The molecule has 43 heavy (non-hydrogen) atoms. The van der Waals surface area contributed by atoms with Crippen molar-refractivity contribution < 1.29 is 14.3 Å². The van der Waals surface area contributed by atoms with Crippen LogP contribution in [0.5, 0.6) is 5.75 Å². The highest BCUT2D eigenvalue weighted by Gasteiger charge is 2.25. The minimum absolute atomic E-state index is 0.158. The fraction of sp³-hybridized carbons (Fsp3) is 0.154. The molecule has 0 N–H and O–H groups in total. The van der Waals surface area contributed by atoms with Crippen molar-refractivity contribution in [3.05, 3.63) is 133 Å². The summed E-state index contributed by atoms with van der Waals surface area (Å²) >= 11 is 0. The summed E-state index contributed by atoms with van der Waals surface area (Å²) in [5, 5.41) is 8.73. The number of methoxy groups -OCH3 is 1. The van der Waals surface area contributed by atoms with Crippen LogP contribution in [-0.2, 0) is 9.53 Å². The number of carbonyl (C=O) groups excluding carboxylic acids is 1. The van der Waals surface area contributed by atoms with Crippen LogP contribution in [0.3, 0.4) is 0 Å². The Balaban J connectivity index is 1.53. The summed E-state index contributed by atoms with van der Waals surface area (Å²) < 4.78 is 11.4. The van der Waals surface area contributed by atoms with Gasteiger partial charge in [0.25, 0.3) is 0 Å². The lowest BCUT2D eigenvalue weighted by molar-refractivity contribution is -0.140. The van der Waals surface area contributed by atoms with Gasteiger partial charge in [0.1, 0.15) is 5.75 Å². The second kappa shape index (κ2) is 13.7. The first kappa shape index (κ1) is 28.6. The van der Waals surface area contributed by atoms with Crippen LogP contribution >= 0.6 is 7.92 Å². The lowest BCUT2D eigenvalue weighted by Gasteiger charge is -2.25. The average Bonchev–Trinajstić information content (AvgIpc) is 3.07. The average molecular weight is 583 g/mol. The fourth-order valence-electron chi connectivity index (χ4n) is 5.75. The Hall–Kier alpha value is -4.46. The van der Waals surface area contributed by atoms with Gasteiger partial charge < -0.3 is 9.47 Å². The molecule has 0 fully saturated rings. The zero-order valence-electron chi connectivity index (χ0n) is 24.4. The van der Waals surface area contributed by atoms with Crippen molar-refractivity contribution in [3.8, 4) is 16.9 Å². The maximum Gasteiger partial charge on any atom is 0.305 e. The molecule has 214 valence electrons. The molecule has 0 heterocycles. The van der Waals surface area contributed by atoms with Crippen LogP contribution in [0.2, 0.25) is 0 Å². The number of ether oxygens (including phenoxy) is 2. The number of esters is 1. The van der Waals surface area contributed by atoms with E-state index in [-0.39, 0.29) is 5.97 Å². The normalized spacial score (nSPS) is 11.2. The molecule has 6 rings (SSSR count). The standard InChI is InChI=1S/C39H35O3P/c1-41-37(40)23-9-4-14-28-42-35-26-24-29-15-10-12-21-33(29)38(35)39-34-22-13-11-16-30(34)25-27-36(39)43(31-17-5-2-6-18-31)32-19-7-3-8-20-32/h2-3,5-8,10-13,15-22,24-27H,4,9,14,23,28H2,1H3. The Morgan fingerprint density at radius 2 is 1.14 bits per heavy atom. The van der Waals surface area contributed by atoms with E-state index in [4.69, 9.17) is 9.47 Å². The molecule has 6 aromatic carbocycles. The Kier molecular flexibility index (Phi) is 9.11. The largest absolute Gasteiger partial charge is 0.493 e. The first-order valence-corrected chi connectivity index (χ1v) is 16.2. The summed E-state index contributed by atoms with van der Waals surface area (Å²) in [4.78, 5) is 11.5. The first-order chi connectivity index (χ1) is 21.2. The first-order valence-electron chi connectivity index (χ1n) is 14.9. The van der Waals surface area contributed by atoms with E-state index >= 15 is 0 Å². The highest BCUT2D eigenvalue weighted by molar-refractivity contribution is 7.80. The van der Waals surface area contributed by atoms with E-state index in [1.165, 1.54) is 50.1 Å². The number of benzene rings is 6. The summed E-state index contributed by atoms with van der Waals surface area (Å²) in [6.07, 6.45) is 3.02. The van der Waals surface area contributed by atoms with Crippen LogP contribution in [-0.4, -0.2) is 19.7 Å². The second-order valence-electron chi connectivity index (χ2n) is 10.6. The topological polar surface area (TPSA) is 35.5 Å². The van der Waals surface area contributed by atoms with E-state index in [2.05, 4.69) is 133 Å². The van der Waals surface area contributed by atoms with Crippen molar-refractivity contribution in [2.45, 2.75) is 25.7 Å². The van der Waals surface area contributed by atoms with Gasteiger partial charge in [-0.25, -0.2) is 0 Å². The molecule has 4 heteroatoms. The third-order valence-corrected chi connectivity index (χ3v) is 10.3. The molecule has 0 saturated carbocycles. The van der Waals surface area contributed by atoms with Crippen LogP contribution in [0.1, 0.15) is 25.7 Å². The predicted octanol–water partition coefficient (Wildman–Crippen LogP) is 8.53. The zero-order chi connectivity index (χ0) is 29.4. The molecule has 0 radical (unpaired) electrons. The van der Waals surface area contributed by atoms with Crippen molar-refractivity contribution >= 4 is 51.3 Å². The van der Waals surface area contributed by atoms with Crippen molar-refractivity contribution in [2.24, 2.45) is 0 Å². The number of hydrogen-bond acceptors (Lipinski definition) is 3. The van der Waals surface area contributed by atoms with Gasteiger partial charge in [-0.2, -0.15) is 0 Å². The molecule has 0 aliphatic rings. The zero-order valence-corrected chi connectivity index (χ0v) is 25.3. The van der Waals surface area contributed by atoms with Gasteiger partial charge in [0, 0.05) is 17.5 Å². The molecule has 0 aromatic heterocycles. The van der Waals surface area contributed by atoms with E-state index in [0.717, 1.165) is 30.6 Å². The molecule has 0 aliphatic carbocycles. The minimum atomic E-state index is -0.860. The Morgan fingerprint density at radius 3 is 1.77 bits per heavy atom. The smallest absolute Gasteiger partial charge is 0.305 e. The van der Waals surface area contributed by atoms with E-state index in [9.17, 15) is 4.79 Å². The Bertz CT molecular complexity index is 1790. The number of unbranched alkanes of at least 4 members (excludes halogenated alkanes) is 2. The highest BCUT2D eigenvalue weighted by Crippen LogP contribution is 2.45. The lowest BCUT2D eigenvalue weighted by atomic mass is 9.93. The molecular formula is C39H35O3P. The molecule has 0 aliphatic heterocycles. The minimum Gasteiger partial charge on any atom is -0.493 e. The number of carbonyl (C=O) groups is 1. The summed E-state index contributed by atoms with van der Waals surface area (Å²) in [6, 6.07) is 47.9. The molecule has 3 nitrogen and oxygen atoms in total. The van der Waals surface area contributed by atoms with Gasteiger partial charge in [-0.15, -0.1) is 0 Å². The fourth-order valence-corrected chi connectivity index (χ4v) is 8.23. The van der Waals surface area contributed by atoms with Crippen LogP contribution in [0.4, 0.5) is 0 Å². The Morgan fingerprint density at radius 1 is 0.581 bits per heavy atom. The second-order valence-corrected chi connectivity index (χ2v) is 12.8. The van der Waals surface area contributed by atoms with Crippen LogP contribution < -0.4 is 20.7 Å². The molecule has 0 unspecified atom stereocenters. The van der Waals surface area contributed by atoms with Gasteiger partial charge in [0.05, 0.1) is 13.7 Å². The van der Waals surface area contributed by atoms with Gasteiger partial charge >= 0.3 is 5.97 Å². The SMILES string of the molecule is COC(=O)CCCCCOc1ccc2ccccc2c1-c1c(P(c2ccccc2)c2ccccc2)ccc2ccccc12. The van der Waals surface area contributed by atoms with E-state index in [1.807, 2.05) is 0 Å². The maximum absolute atomic E-state index is 11.5. The van der Waals surface area contributed by atoms with E-state index < -0.39 is 7.92 Å². The van der Waals surface area contributed by atoms with Gasteiger partial charge in [0.2, 0.25) is 0 Å². The number of rotatable bonds is 11. The molecule has 0 amide bonds. The summed E-state index contributed by atoms with van der Waals surface area (Å²) in [5.41, 5.74) is 2.37. The molecule has 0 bridgehead atoms. The monoisotopic (exact) mass is 582 g/mol. The van der Waals surface area contributed by atoms with Crippen molar-refractivity contribution in [1.29, 1.82) is 0 Å². The molecule has 0 saturated heterocycles. The number of hydrogen-bond donors (Lipinski definition) is 0. The van der Waals surface area contributed by atoms with Gasteiger partial charge in [-0.05, 0) is 70.7 Å². The summed E-state index contributed by atoms with van der Waals surface area (Å²) in [7, 11) is 0.581. The van der Waals surface area contributed by atoms with Gasteiger partial charge in [-0.3, -0.25) is 4.79 Å². The summed E-state index contributed by atoms with van der Waals surface area (Å²) in [5.74, 6) is 0.731. The van der Waals surface area contributed by atoms with Crippen molar-refractivity contribution in [3.63, 3.8) is 0 Å². The predicted molar refractivity (Wildman–Crippen MR) is 182 cm³/mol. The van der Waals surface area contributed by atoms with Crippen LogP contribution in [0.15, 0.2) is 133 Å². The van der Waals surface area contributed by atoms with E-state index in [0.29, 0.717) is 13.0 Å². The van der Waals surface area contributed by atoms with Crippen LogP contribution in [0.25, 0.3) is 32.7 Å². The Labute approximate surface area is 254 Å². The molecular weight excluding hydrogens is 547 g/mol. The van der Waals surface area contributed by atoms with Crippen molar-refractivity contribution in [2.75, 3.05) is 13.7 Å². The summed E-state index contributed by atoms with van der Waals surface area (Å²) in [6.45, 7) is 0.582. The quantitative estimate of drug-likeness (QED) is 0.0873. The lowest BCUT2D eigenvalue weighted by Crippen LogP contribution is -2.22. The van der Waals surface area contributed by atoms with Crippen LogP contribution in [0, 0.1) is 0 Å².